The summed E-state index contributed by atoms with van der Waals surface area (Å²) in [6.07, 6.45) is 6.46. The van der Waals surface area contributed by atoms with E-state index in [4.69, 9.17) is 23.7 Å². The molecular formula is C54H77NO8. The topological polar surface area (TPSA) is 101 Å². The SMILES string of the molecule is CC(=O)O[C@@H]1C[C@@]23COC[C@](C)([C@@H]2CC[C@H]2C3=CC[C@@]3(C)[C@H](C(=O)OCc4ccccc4)[C@@](C)([C@H](C)C(C)C)CC[C@]23C)[C@H]1OC[C@](C)(C(C)C)N(C)C(=O)OCc1ccccc1. The van der Waals surface area contributed by atoms with Crippen LogP contribution in [0.25, 0.3) is 0 Å². The van der Waals surface area contributed by atoms with Crippen LogP contribution in [0.15, 0.2) is 72.3 Å². The van der Waals surface area contributed by atoms with E-state index in [9.17, 15) is 14.4 Å². The molecule has 1 amide bonds. The third-order valence-corrected chi connectivity index (χ3v) is 18.6. The number of hydrogen-bond acceptors (Lipinski definition) is 8. The molecule has 1 heterocycles. The Labute approximate surface area is 378 Å². The van der Waals surface area contributed by atoms with Crippen LogP contribution in [0.3, 0.4) is 0 Å². The van der Waals surface area contributed by atoms with Crippen LogP contribution < -0.4 is 0 Å². The number of amides is 1. The van der Waals surface area contributed by atoms with Crippen molar-refractivity contribution in [2.75, 3.05) is 26.9 Å². The van der Waals surface area contributed by atoms with E-state index >= 15 is 0 Å². The van der Waals surface area contributed by atoms with Crippen LogP contribution in [0.2, 0.25) is 0 Å². The zero-order chi connectivity index (χ0) is 45.8. The second-order valence-corrected chi connectivity index (χ2v) is 22.3. The molecule has 7 rings (SSSR count). The number of ether oxygens (including phenoxy) is 5. The fourth-order valence-electron chi connectivity index (χ4n) is 13.9. The zero-order valence-corrected chi connectivity index (χ0v) is 40.5. The fourth-order valence-corrected chi connectivity index (χ4v) is 13.9. The van der Waals surface area contributed by atoms with E-state index in [0.29, 0.717) is 31.5 Å². The first-order valence-corrected chi connectivity index (χ1v) is 23.9. The molecule has 2 aromatic rings. The molecule has 9 heteroatoms. The third-order valence-electron chi connectivity index (χ3n) is 18.6. The molecule has 3 saturated carbocycles. The minimum absolute atomic E-state index is 0.0234. The van der Waals surface area contributed by atoms with Crippen LogP contribution in [0.1, 0.15) is 126 Å². The van der Waals surface area contributed by atoms with Gasteiger partial charge < -0.3 is 28.6 Å². The Morgan fingerprint density at radius 2 is 1.46 bits per heavy atom. The average Bonchev–Trinajstić information content (AvgIpc) is 3.24. The van der Waals surface area contributed by atoms with Gasteiger partial charge in [-0.3, -0.25) is 9.59 Å². The van der Waals surface area contributed by atoms with Gasteiger partial charge in [0.05, 0.1) is 31.3 Å². The number of allylic oxidation sites excluding steroid dienone is 1. The maximum atomic E-state index is 14.9. The Morgan fingerprint density at radius 1 is 0.841 bits per heavy atom. The summed E-state index contributed by atoms with van der Waals surface area (Å²) in [7, 11) is 1.79. The van der Waals surface area contributed by atoms with Gasteiger partial charge in [0.15, 0.2) is 0 Å². The highest BCUT2D eigenvalue weighted by atomic mass is 16.6. The minimum Gasteiger partial charge on any atom is -0.461 e. The first-order chi connectivity index (χ1) is 29.7. The van der Waals surface area contributed by atoms with Gasteiger partial charge in [-0.1, -0.05) is 135 Å². The first-order valence-electron chi connectivity index (χ1n) is 23.9. The molecule has 4 aliphatic carbocycles. The summed E-state index contributed by atoms with van der Waals surface area (Å²) in [5.74, 6) is 0.530. The number of nitrogens with zero attached hydrogens (tertiary/aromatic N) is 1. The largest absolute Gasteiger partial charge is 0.461 e. The zero-order valence-electron chi connectivity index (χ0n) is 40.5. The van der Waals surface area contributed by atoms with Gasteiger partial charge in [0.2, 0.25) is 0 Å². The van der Waals surface area contributed by atoms with Crippen molar-refractivity contribution < 1.29 is 38.1 Å². The summed E-state index contributed by atoms with van der Waals surface area (Å²) >= 11 is 0. The van der Waals surface area contributed by atoms with E-state index in [1.165, 1.54) is 12.5 Å². The molecule has 0 radical (unpaired) electrons. The maximum absolute atomic E-state index is 14.9. The lowest BCUT2D eigenvalue weighted by Crippen LogP contribution is -2.70. The summed E-state index contributed by atoms with van der Waals surface area (Å²) in [5.41, 5.74) is 1.04. The van der Waals surface area contributed by atoms with Gasteiger partial charge in [0, 0.05) is 24.8 Å². The molecule has 9 nitrogen and oxygen atoms in total. The number of rotatable bonds is 13. The van der Waals surface area contributed by atoms with Crippen molar-refractivity contribution in [3.8, 4) is 0 Å². The predicted octanol–water partition coefficient (Wildman–Crippen LogP) is 11.2. The number of benzene rings is 2. The molecule has 346 valence electrons. The van der Waals surface area contributed by atoms with Gasteiger partial charge >= 0.3 is 18.0 Å². The highest BCUT2D eigenvalue weighted by Gasteiger charge is 2.72. The number of esters is 2. The van der Waals surface area contributed by atoms with Crippen molar-refractivity contribution in [1.82, 2.24) is 4.90 Å². The summed E-state index contributed by atoms with van der Waals surface area (Å²) in [6, 6.07) is 19.7. The van der Waals surface area contributed by atoms with Crippen LogP contribution >= 0.6 is 0 Å². The van der Waals surface area contributed by atoms with Gasteiger partial charge in [-0.25, -0.2) is 4.79 Å². The van der Waals surface area contributed by atoms with E-state index in [-0.39, 0.29) is 77.1 Å². The summed E-state index contributed by atoms with van der Waals surface area (Å²) in [6.45, 7) is 25.9. The number of hydrogen-bond donors (Lipinski definition) is 0. The lowest BCUT2D eigenvalue weighted by Gasteiger charge is -2.71. The molecule has 0 spiro atoms. The van der Waals surface area contributed by atoms with Crippen molar-refractivity contribution in [3.05, 3.63) is 83.4 Å². The lowest BCUT2D eigenvalue weighted by atomic mass is 9.34. The Balaban J connectivity index is 1.20. The van der Waals surface area contributed by atoms with E-state index in [2.05, 4.69) is 68.4 Å². The fraction of sp³-hybridized carbons (Fsp3) is 0.685. The van der Waals surface area contributed by atoms with Crippen LogP contribution in [0.4, 0.5) is 4.79 Å². The molecule has 1 aliphatic heterocycles. The second-order valence-electron chi connectivity index (χ2n) is 22.3. The Morgan fingerprint density at radius 3 is 2.05 bits per heavy atom. The number of carbonyl (C=O) groups is 3. The van der Waals surface area contributed by atoms with Gasteiger partial charge in [0.1, 0.15) is 25.4 Å². The molecule has 0 aromatic heterocycles. The molecule has 1 saturated heterocycles. The summed E-state index contributed by atoms with van der Waals surface area (Å²) < 4.78 is 32.4. The standard InChI is InChI=1S/C54H77NO8/c1-35(2)37(5)49(7)27-28-51(9)41-23-24-44-50(8)32-59-34-54(44,42(41)25-26-52(51,10)45(49)47(57)60-30-39-19-15-13-16-20-39)29-43(63-38(6)56)46(50)62-33-53(11,36(3)4)55(12)48(58)61-31-40-21-17-14-18-22-40/h13-22,25,35-37,41,43-46H,23-24,26-34H2,1-12H3/t37-,41+,43-,44+,45-,46+,49-,50-,51-,52+,53-,54+/m1/s1. The quantitative estimate of drug-likeness (QED) is 0.111. The number of fused-ring (bicyclic) bond motifs is 3. The van der Waals surface area contributed by atoms with Crippen molar-refractivity contribution >= 4 is 18.0 Å². The molecule has 4 fully saturated rings. The van der Waals surface area contributed by atoms with E-state index < -0.39 is 29.3 Å². The highest BCUT2D eigenvalue weighted by molar-refractivity contribution is 5.75. The second kappa shape index (κ2) is 17.6. The molecule has 2 aromatic carbocycles. The Kier molecular flexibility index (Phi) is 13.2. The molecule has 0 N–H and O–H groups in total. The lowest BCUT2D eigenvalue weighted by molar-refractivity contribution is -0.271. The van der Waals surface area contributed by atoms with Crippen molar-refractivity contribution in [3.63, 3.8) is 0 Å². The summed E-state index contributed by atoms with van der Waals surface area (Å²) in [4.78, 5) is 43.2. The van der Waals surface area contributed by atoms with Gasteiger partial charge in [-0.2, -0.15) is 0 Å². The molecule has 0 unspecified atom stereocenters. The minimum atomic E-state index is -0.723. The van der Waals surface area contributed by atoms with E-state index in [1.54, 1.807) is 11.9 Å². The van der Waals surface area contributed by atoms with Gasteiger partial charge in [-0.15, -0.1) is 0 Å². The Hall–Kier alpha value is -3.69. The van der Waals surface area contributed by atoms with Crippen LogP contribution in [-0.4, -0.2) is 67.5 Å². The van der Waals surface area contributed by atoms with Crippen LogP contribution in [0.5, 0.6) is 0 Å². The van der Waals surface area contributed by atoms with Crippen molar-refractivity contribution in [2.45, 2.75) is 146 Å². The van der Waals surface area contributed by atoms with Gasteiger partial charge in [-0.05, 0) is 102 Å². The van der Waals surface area contributed by atoms with E-state index in [0.717, 1.165) is 43.2 Å². The normalized spacial score (nSPS) is 36.1. The Bertz CT molecular complexity index is 2000. The average molecular weight is 868 g/mol. The number of carbonyl (C=O) groups excluding carboxylic acids is 3. The molecule has 12 atom stereocenters. The van der Waals surface area contributed by atoms with E-state index in [1.807, 2.05) is 67.6 Å². The van der Waals surface area contributed by atoms with Crippen molar-refractivity contribution in [1.29, 1.82) is 0 Å². The predicted molar refractivity (Wildman–Crippen MR) is 245 cm³/mol. The summed E-state index contributed by atoms with van der Waals surface area (Å²) in [5, 5.41) is 0. The molecular weight excluding hydrogens is 791 g/mol. The van der Waals surface area contributed by atoms with Crippen LogP contribution in [0, 0.1) is 62.6 Å². The molecule has 5 aliphatic rings. The molecule has 2 bridgehead atoms. The van der Waals surface area contributed by atoms with Crippen molar-refractivity contribution in [2.24, 2.45) is 62.6 Å². The monoisotopic (exact) mass is 868 g/mol. The molecule has 63 heavy (non-hydrogen) atoms. The maximum Gasteiger partial charge on any atom is 0.410 e. The third kappa shape index (κ3) is 7.97. The van der Waals surface area contributed by atoms with Gasteiger partial charge in [0.25, 0.3) is 0 Å². The smallest absolute Gasteiger partial charge is 0.410 e. The van der Waals surface area contributed by atoms with Crippen LogP contribution in [-0.2, 0) is 46.5 Å². The first kappa shape index (κ1) is 47.3. The highest BCUT2D eigenvalue weighted by Crippen LogP contribution is 2.75. The number of likely N-dealkylation sites (N-methyl/N-ethyl adjacent to an activating group) is 1.